The highest BCUT2D eigenvalue weighted by Gasteiger charge is 2.23. The second-order valence-corrected chi connectivity index (χ2v) is 7.51. The van der Waals surface area contributed by atoms with Gasteiger partial charge in [-0.1, -0.05) is 36.4 Å². The van der Waals surface area contributed by atoms with Gasteiger partial charge in [0, 0.05) is 32.7 Å². The Morgan fingerprint density at radius 2 is 2.04 bits per heavy atom. The maximum Gasteiger partial charge on any atom is 0.221 e. The Labute approximate surface area is 185 Å². The van der Waals surface area contributed by atoms with Crippen LogP contribution in [0.15, 0.2) is 41.4 Å². The highest BCUT2D eigenvalue weighted by Crippen LogP contribution is 2.18. The lowest BCUT2D eigenvalue weighted by molar-refractivity contribution is -0.123. The number of benzene rings is 1. The van der Waals surface area contributed by atoms with Crippen molar-refractivity contribution in [2.75, 3.05) is 20.1 Å². The summed E-state index contributed by atoms with van der Waals surface area (Å²) >= 11 is 0. The summed E-state index contributed by atoms with van der Waals surface area (Å²) in [6.07, 6.45) is 8.47. The Kier molecular flexibility index (Phi) is 9.24. The molecule has 1 aliphatic heterocycles. The minimum absolute atomic E-state index is 0. The summed E-state index contributed by atoms with van der Waals surface area (Å²) in [6.45, 7) is 3.39. The Morgan fingerprint density at radius 3 is 2.75 bits per heavy atom. The topological polar surface area (TPSA) is 82.8 Å². The van der Waals surface area contributed by atoms with E-state index >= 15 is 0 Å². The Balaban J connectivity index is 0.00000280. The SMILES string of the molecule is CN=C(NCc1cccc(CN2CCCC(C(N)=O)C2)c1)NC1CC=CC1.I. The molecule has 7 heteroatoms. The molecule has 1 aliphatic carbocycles. The average molecular weight is 497 g/mol. The fourth-order valence-electron chi connectivity index (χ4n) is 3.84. The number of hydrogen-bond donors (Lipinski definition) is 3. The average Bonchev–Trinajstić information content (AvgIpc) is 3.19. The highest BCUT2D eigenvalue weighted by atomic mass is 127. The molecule has 2 aliphatic rings. The van der Waals surface area contributed by atoms with Crippen LogP contribution in [0.25, 0.3) is 0 Å². The van der Waals surface area contributed by atoms with Crippen molar-refractivity contribution >= 4 is 35.8 Å². The summed E-state index contributed by atoms with van der Waals surface area (Å²) < 4.78 is 0. The molecule has 1 aromatic carbocycles. The highest BCUT2D eigenvalue weighted by molar-refractivity contribution is 14.0. The second-order valence-electron chi connectivity index (χ2n) is 7.51. The van der Waals surface area contributed by atoms with Crippen molar-refractivity contribution in [3.8, 4) is 0 Å². The summed E-state index contributed by atoms with van der Waals surface area (Å²) in [4.78, 5) is 18.1. The van der Waals surface area contributed by atoms with Gasteiger partial charge in [-0.05, 0) is 43.4 Å². The lowest BCUT2D eigenvalue weighted by Crippen LogP contribution is -2.42. The van der Waals surface area contributed by atoms with E-state index in [9.17, 15) is 4.79 Å². The van der Waals surface area contributed by atoms with Crippen LogP contribution in [0, 0.1) is 5.92 Å². The molecule has 3 rings (SSSR count). The van der Waals surface area contributed by atoms with Crippen molar-refractivity contribution in [1.82, 2.24) is 15.5 Å². The third-order valence-corrected chi connectivity index (χ3v) is 5.34. The molecule has 0 saturated carbocycles. The van der Waals surface area contributed by atoms with Crippen molar-refractivity contribution in [3.63, 3.8) is 0 Å². The maximum atomic E-state index is 11.5. The molecule has 0 bridgehead atoms. The zero-order chi connectivity index (χ0) is 19.1. The third-order valence-electron chi connectivity index (χ3n) is 5.34. The van der Waals surface area contributed by atoms with Crippen molar-refractivity contribution in [3.05, 3.63) is 47.5 Å². The molecule has 1 unspecified atom stereocenters. The van der Waals surface area contributed by atoms with Crippen LogP contribution in [-0.2, 0) is 17.9 Å². The molecule has 0 aromatic heterocycles. The molecule has 4 N–H and O–H groups in total. The van der Waals surface area contributed by atoms with Crippen LogP contribution in [0.3, 0.4) is 0 Å². The summed E-state index contributed by atoms with van der Waals surface area (Å²) in [7, 11) is 1.81. The van der Waals surface area contributed by atoms with Gasteiger partial charge in [-0.2, -0.15) is 0 Å². The number of piperidine rings is 1. The first kappa shape index (κ1) is 22.7. The van der Waals surface area contributed by atoms with Gasteiger partial charge in [0.25, 0.3) is 0 Å². The lowest BCUT2D eigenvalue weighted by Gasteiger charge is -2.31. The molecule has 154 valence electrons. The van der Waals surface area contributed by atoms with Gasteiger partial charge in [-0.3, -0.25) is 14.7 Å². The van der Waals surface area contributed by atoms with E-state index in [1.807, 2.05) is 0 Å². The number of halogens is 1. The third kappa shape index (κ3) is 6.77. The standard InChI is InChI=1S/C21H31N5O.HI/c1-23-21(25-19-9-2-3-10-19)24-13-16-6-4-7-17(12-16)14-26-11-5-8-18(15-26)20(22)27;/h2-4,6-7,12,18-19H,5,8-11,13-15H2,1H3,(H2,22,27)(H2,23,24,25);1H. The predicted octanol–water partition coefficient (Wildman–Crippen LogP) is 2.39. The fourth-order valence-corrected chi connectivity index (χ4v) is 3.84. The Morgan fingerprint density at radius 1 is 1.29 bits per heavy atom. The molecule has 1 atom stereocenters. The smallest absolute Gasteiger partial charge is 0.221 e. The van der Waals surface area contributed by atoms with Crippen LogP contribution < -0.4 is 16.4 Å². The number of carbonyl (C=O) groups is 1. The summed E-state index contributed by atoms with van der Waals surface area (Å²) in [5.74, 6) is 0.659. The molecule has 1 saturated heterocycles. The Bertz CT molecular complexity index is 698. The van der Waals surface area contributed by atoms with Gasteiger partial charge in [0.15, 0.2) is 5.96 Å². The summed E-state index contributed by atoms with van der Waals surface area (Å²) in [5, 5.41) is 6.86. The first-order valence-electron chi connectivity index (χ1n) is 9.85. The van der Waals surface area contributed by atoms with Gasteiger partial charge in [0.05, 0.1) is 5.92 Å². The maximum absolute atomic E-state index is 11.5. The number of guanidine groups is 1. The van der Waals surface area contributed by atoms with Crippen LogP contribution in [0.2, 0.25) is 0 Å². The zero-order valence-electron chi connectivity index (χ0n) is 16.6. The normalized spacial score (nSPS) is 20.6. The van der Waals surface area contributed by atoms with Crippen molar-refractivity contribution in [2.24, 2.45) is 16.6 Å². The molecule has 28 heavy (non-hydrogen) atoms. The van der Waals surface area contributed by atoms with Crippen molar-refractivity contribution in [2.45, 2.75) is 44.8 Å². The Hall–Kier alpha value is -1.61. The van der Waals surface area contributed by atoms with Crippen molar-refractivity contribution < 1.29 is 4.79 Å². The zero-order valence-corrected chi connectivity index (χ0v) is 18.9. The van der Waals surface area contributed by atoms with E-state index in [-0.39, 0.29) is 35.8 Å². The number of hydrogen-bond acceptors (Lipinski definition) is 3. The van der Waals surface area contributed by atoms with Gasteiger partial charge in [0.1, 0.15) is 0 Å². The van der Waals surface area contributed by atoms with E-state index in [2.05, 4.69) is 56.9 Å². The molecule has 1 aromatic rings. The largest absolute Gasteiger partial charge is 0.369 e. The number of nitrogens with zero attached hydrogens (tertiary/aromatic N) is 2. The van der Waals surface area contributed by atoms with Gasteiger partial charge < -0.3 is 16.4 Å². The summed E-state index contributed by atoms with van der Waals surface area (Å²) in [5.41, 5.74) is 7.98. The number of aliphatic imine (C=N–C) groups is 1. The number of amides is 1. The molecular weight excluding hydrogens is 465 g/mol. The fraction of sp³-hybridized carbons (Fsp3) is 0.524. The summed E-state index contributed by atoms with van der Waals surface area (Å²) in [6, 6.07) is 9.04. The van der Waals surface area contributed by atoms with E-state index in [1.54, 1.807) is 7.05 Å². The number of likely N-dealkylation sites (tertiary alicyclic amines) is 1. The molecule has 1 heterocycles. The number of nitrogens with one attached hydrogen (secondary N) is 2. The lowest BCUT2D eigenvalue weighted by atomic mass is 9.97. The number of carbonyl (C=O) groups excluding carboxylic acids is 1. The van der Waals surface area contributed by atoms with E-state index in [0.717, 1.165) is 57.8 Å². The van der Waals surface area contributed by atoms with E-state index < -0.39 is 0 Å². The van der Waals surface area contributed by atoms with Crippen LogP contribution in [0.5, 0.6) is 0 Å². The van der Waals surface area contributed by atoms with Gasteiger partial charge in [-0.15, -0.1) is 24.0 Å². The quantitative estimate of drug-likeness (QED) is 0.244. The molecule has 6 nitrogen and oxygen atoms in total. The number of rotatable bonds is 6. The molecular formula is C21H32IN5O. The molecule has 1 fully saturated rings. The number of primary amides is 1. The first-order valence-corrected chi connectivity index (χ1v) is 9.85. The first-order chi connectivity index (χ1) is 13.1. The van der Waals surface area contributed by atoms with E-state index in [1.165, 1.54) is 11.1 Å². The van der Waals surface area contributed by atoms with Crippen molar-refractivity contribution in [1.29, 1.82) is 0 Å². The van der Waals surface area contributed by atoms with E-state index in [4.69, 9.17) is 5.73 Å². The monoisotopic (exact) mass is 497 g/mol. The van der Waals surface area contributed by atoms with E-state index in [0.29, 0.717) is 6.04 Å². The molecule has 1 amide bonds. The van der Waals surface area contributed by atoms with Crippen LogP contribution in [0.1, 0.15) is 36.8 Å². The van der Waals surface area contributed by atoms with Gasteiger partial charge >= 0.3 is 0 Å². The van der Waals surface area contributed by atoms with Crippen LogP contribution in [-0.4, -0.2) is 42.9 Å². The second kappa shape index (κ2) is 11.4. The van der Waals surface area contributed by atoms with Crippen LogP contribution in [0.4, 0.5) is 0 Å². The molecule has 0 spiro atoms. The molecule has 0 radical (unpaired) electrons. The predicted molar refractivity (Wildman–Crippen MR) is 125 cm³/mol. The van der Waals surface area contributed by atoms with Crippen LogP contribution >= 0.6 is 24.0 Å². The minimum atomic E-state index is -0.172. The van der Waals surface area contributed by atoms with Gasteiger partial charge in [0.2, 0.25) is 5.91 Å². The minimum Gasteiger partial charge on any atom is -0.369 e. The number of nitrogens with two attached hydrogens (primary N) is 1. The van der Waals surface area contributed by atoms with Gasteiger partial charge in [-0.25, -0.2) is 0 Å².